The maximum atomic E-state index is 10.5. The van der Waals surface area contributed by atoms with Gasteiger partial charge in [-0.25, -0.2) is 0 Å². The summed E-state index contributed by atoms with van der Waals surface area (Å²) >= 11 is 0. The molecule has 1 heterocycles. The van der Waals surface area contributed by atoms with Crippen molar-refractivity contribution in [3.05, 3.63) is 28.8 Å². The predicted molar refractivity (Wildman–Crippen MR) is 57.8 cm³/mol. The Kier molecular flexibility index (Phi) is 2.28. The van der Waals surface area contributed by atoms with Gasteiger partial charge in [-0.2, -0.15) is 0 Å². The number of rotatable bonds is 2. The smallest absolute Gasteiger partial charge is 0.120 e. The molecular weight excluding hydrogens is 174 g/mol. The number of anilines is 1. The van der Waals surface area contributed by atoms with Crippen molar-refractivity contribution in [2.24, 2.45) is 0 Å². The summed E-state index contributed by atoms with van der Waals surface area (Å²) in [6, 6.07) is 4.37. The van der Waals surface area contributed by atoms with Gasteiger partial charge in [0.25, 0.3) is 0 Å². The minimum atomic E-state index is 0.376. The van der Waals surface area contributed by atoms with Crippen molar-refractivity contribution in [1.82, 2.24) is 0 Å². The molecule has 2 nitrogen and oxygen atoms in total. The van der Waals surface area contributed by atoms with E-state index in [9.17, 15) is 4.79 Å². The number of hydrogen-bond donors (Lipinski definition) is 1. The highest BCUT2D eigenvalue weighted by atomic mass is 16.1. The summed E-state index contributed by atoms with van der Waals surface area (Å²) in [5.74, 6) is 0.376. The zero-order chi connectivity index (χ0) is 10.1. The highest BCUT2D eigenvalue weighted by Crippen LogP contribution is 2.36. The van der Waals surface area contributed by atoms with E-state index < -0.39 is 0 Å². The number of hydrogen-bond acceptors (Lipinski definition) is 2. The molecule has 1 N–H and O–H groups in total. The third kappa shape index (κ3) is 1.41. The Morgan fingerprint density at radius 1 is 1.50 bits per heavy atom. The molecule has 14 heavy (non-hydrogen) atoms. The molecule has 1 aliphatic rings. The van der Waals surface area contributed by atoms with Crippen LogP contribution in [0.25, 0.3) is 0 Å². The Bertz CT molecular complexity index is 371. The molecule has 0 radical (unpaired) electrons. The average molecular weight is 189 g/mol. The van der Waals surface area contributed by atoms with Crippen molar-refractivity contribution < 1.29 is 4.79 Å². The fraction of sp³-hybridized carbons (Fsp3) is 0.417. The van der Waals surface area contributed by atoms with E-state index >= 15 is 0 Å². The van der Waals surface area contributed by atoms with Gasteiger partial charge in [0.2, 0.25) is 0 Å². The van der Waals surface area contributed by atoms with Crippen LogP contribution in [0.15, 0.2) is 12.1 Å². The largest absolute Gasteiger partial charge is 0.384 e. The molecule has 2 rings (SSSR count). The number of aldehydes is 1. The maximum Gasteiger partial charge on any atom is 0.120 e. The van der Waals surface area contributed by atoms with Gasteiger partial charge in [0, 0.05) is 24.6 Å². The number of benzene rings is 1. The van der Waals surface area contributed by atoms with Gasteiger partial charge in [0.1, 0.15) is 6.29 Å². The van der Waals surface area contributed by atoms with Crippen molar-refractivity contribution in [3.63, 3.8) is 0 Å². The Morgan fingerprint density at radius 2 is 2.29 bits per heavy atom. The average Bonchev–Trinajstić information content (AvgIpc) is 2.49. The first-order chi connectivity index (χ1) is 6.72. The third-order valence-electron chi connectivity index (χ3n) is 2.86. The van der Waals surface area contributed by atoms with E-state index in [1.807, 2.05) is 0 Å². The van der Waals surface area contributed by atoms with Crippen molar-refractivity contribution in [1.29, 1.82) is 0 Å². The molecule has 1 aromatic carbocycles. The topological polar surface area (TPSA) is 29.1 Å². The van der Waals surface area contributed by atoms with Gasteiger partial charge in [-0.15, -0.1) is 0 Å². The Hall–Kier alpha value is -1.31. The maximum absolute atomic E-state index is 10.5. The second-order valence-corrected chi connectivity index (χ2v) is 4.03. The van der Waals surface area contributed by atoms with E-state index in [1.54, 1.807) is 0 Å². The third-order valence-corrected chi connectivity index (χ3v) is 2.86. The summed E-state index contributed by atoms with van der Waals surface area (Å²) in [4.78, 5) is 10.5. The van der Waals surface area contributed by atoms with Crippen LogP contribution in [0, 0.1) is 13.8 Å². The number of fused-ring (bicyclic) bond motifs is 1. The fourth-order valence-electron chi connectivity index (χ4n) is 2.23. The number of carbonyl (C=O) groups excluding carboxylic acids is 1. The van der Waals surface area contributed by atoms with E-state index in [4.69, 9.17) is 0 Å². The second kappa shape index (κ2) is 3.45. The first-order valence-electron chi connectivity index (χ1n) is 5.01. The van der Waals surface area contributed by atoms with E-state index in [-0.39, 0.29) is 0 Å². The minimum absolute atomic E-state index is 0.376. The predicted octanol–water partition coefficient (Wildman–Crippen LogP) is 2.40. The van der Waals surface area contributed by atoms with Crippen molar-refractivity contribution in [3.8, 4) is 0 Å². The van der Waals surface area contributed by atoms with E-state index in [0.29, 0.717) is 12.3 Å². The molecule has 0 bridgehead atoms. The van der Waals surface area contributed by atoms with Gasteiger partial charge < -0.3 is 10.1 Å². The molecule has 0 aromatic heterocycles. The summed E-state index contributed by atoms with van der Waals surface area (Å²) in [5.41, 5.74) is 5.12. The zero-order valence-electron chi connectivity index (χ0n) is 8.63. The number of aryl methyl sites for hydroxylation is 2. The summed E-state index contributed by atoms with van der Waals surface area (Å²) in [6.45, 7) is 5.12. The van der Waals surface area contributed by atoms with Gasteiger partial charge in [-0.3, -0.25) is 0 Å². The first kappa shape index (κ1) is 9.25. The van der Waals surface area contributed by atoms with Crippen LogP contribution in [0.2, 0.25) is 0 Å². The van der Waals surface area contributed by atoms with Crippen LogP contribution in [-0.2, 0) is 4.79 Å². The van der Waals surface area contributed by atoms with Crippen LogP contribution in [0.3, 0.4) is 0 Å². The molecule has 0 fully saturated rings. The molecule has 1 atom stereocenters. The molecule has 0 amide bonds. The van der Waals surface area contributed by atoms with Gasteiger partial charge in [-0.1, -0.05) is 17.7 Å². The SMILES string of the molecule is Cc1cc(C)c2c(c1)C(CC=O)CN2. The molecule has 0 saturated carbocycles. The molecular formula is C12H15NO. The fourth-order valence-corrected chi connectivity index (χ4v) is 2.23. The van der Waals surface area contributed by atoms with Crippen LogP contribution in [0.5, 0.6) is 0 Å². The Balaban J connectivity index is 2.43. The molecule has 0 aliphatic carbocycles. The summed E-state index contributed by atoms with van der Waals surface area (Å²) in [5, 5.41) is 3.37. The zero-order valence-corrected chi connectivity index (χ0v) is 8.63. The quantitative estimate of drug-likeness (QED) is 0.724. The lowest BCUT2D eigenvalue weighted by Gasteiger charge is -2.08. The molecule has 74 valence electrons. The second-order valence-electron chi connectivity index (χ2n) is 4.03. The lowest BCUT2D eigenvalue weighted by atomic mass is 9.95. The highest BCUT2D eigenvalue weighted by molar-refractivity contribution is 5.66. The van der Waals surface area contributed by atoms with Gasteiger partial charge >= 0.3 is 0 Å². The summed E-state index contributed by atoms with van der Waals surface area (Å²) in [7, 11) is 0. The number of nitrogens with one attached hydrogen (secondary N) is 1. The van der Waals surface area contributed by atoms with Crippen molar-refractivity contribution in [2.75, 3.05) is 11.9 Å². The summed E-state index contributed by atoms with van der Waals surface area (Å²) < 4.78 is 0. The van der Waals surface area contributed by atoms with E-state index in [0.717, 1.165) is 12.8 Å². The molecule has 1 unspecified atom stereocenters. The van der Waals surface area contributed by atoms with Crippen LogP contribution in [0.1, 0.15) is 29.0 Å². The van der Waals surface area contributed by atoms with Gasteiger partial charge in [0.05, 0.1) is 0 Å². The molecule has 0 saturated heterocycles. The van der Waals surface area contributed by atoms with Crippen LogP contribution < -0.4 is 5.32 Å². The van der Waals surface area contributed by atoms with Crippen LogP contribution in [-0.4, -0.2) is 12.8 Å². The van der Waals surface area contributed by atoms with Crippen molar-refractivity contribution in [2.45, 2.75) is 26.2 Å². The molecule has 0 spiro atoms. The highest BCUT2D eigenvalue weighted by Gasteiger charge is 2.22. The normalized spacial score (nSPS) is 18.9. The number of carbonyl (C=O) groups is 1. The molecule has 2 heteroatoms. The summed E-state index contributed by atoms with van der Waals surface area (Å²) in [6.07, 6.45) is 1.64. The lowest BCUT2D eigenvalue weighted by molar-refractivity contribution is -0.108. The monoisotopic (exact) mass is 189 g/mol. The van der Waals surface area contributed by atoms with Crippen LogP contribution in [0.4, 0.5) is 5.69 Å². The van der Waals surface area contributed by atoms with Crippen molar-refractivity contribution >= 4 is 12.0 Å². The Morgan fingerprint density at radius 3 is 3.00 bits per heavy atom. The van der Waals surface area contributed by atoms with Gasteiger partial charge in [0.15, 0.2) is 0 Å². The van der Waals surface area contributed by atoms with E-state index in [2.05, 4.69) is 31.3 Å². The van der Waals surface area contributed by atoms with E-state index in [1.165, 1.54) is 22.4 Å². The lowest BCUT2D eigenvalue weighted by Crippen LogP contribution is -2.02. The Labute approximate surface area is 84.3 Å². The molecule has 1 aromatic rings. The molecule has 1 aliphatic heterocycles. The minimum Gasteiger partial charge on any atom is -0.384 e. The first-order valence-corrected chi connectivity index (χ1v) is 5.01. The standard InChI is InChI=1S/C12H15NO/c1-8-5-9(2)12-11(6-8)10(3-4-14)7-13-12/h4-6,10,13H,3,7H2,1-2H3. The van der Waals surface area contributed by atoms with Gasteiger partial charge in [-0.05, 0) is 25.0 Å². The van der Waals surface area contributed by atoms with Crippen LogP contribution >= 0.6 is 0 Å².